The van der Waals surface area contributed by atoms with Gasteiger partial charge in [0.25, 0.3) is 5.91 Å². The van der Waals surface area contributed by atoms with E-state index in [4.69, 9.17) is 0 Å². The summed E-state index contributed by atoms with van der Waals surface area (Å²) in [5.74, 6) is -1.66. The lowest BCUT2D eigenvalue weighted by Crippen LogP contribution is -2.44. The molecule has 1 N–H and O–H groups in total. The Morgan fingerprint density at radius 3 is 2.30 bits per heavy atom. The molecular weight excluding hydrogens is 457 g/mol. The number of rotatable bonds is 4. The molecular formula is C22H29F3N4O3S. The van der Waals surface area contributed by atoms with Crippen molar-refractivity contribution in [1.29, 1.82) is 0 Å². The predicted octanol–water partition coefficient (Wildman–Crippen LogP) is 3.32. The number of thiazole rings is 1. The summed E-state index contributed by atoms with van der Waals surface area (Å²) < 4.78 is 37.3. The lowest BCUT2D eigenvalue weighted by atomic mass is 9.87. The molecule has 0 bridgehead atoms. The van der Waals surface area contributed by atoms with Gasteiger partial charge in [-0.3, -0.25) is 14.4 Å². The molecule has 1 saturated carbocycles. The maximum absolute atomic E-state index is 12.8. The fraction of sp³-hybridized carbons (Fsp3) is 0.727. The highest BCUT2D eigenvalue weighted by Crippen LogP contribution is 2.33. The normalized spacial score (nSPS) is 23.1. The fourth-order valence-corrected chi connectivity index (χ4v) is 5.98. The van der Waals surface area contributed by atoms with Gasteiger partial charge in [0.2, 0.25) is 5.91 Å². The van der Waals surface area contributed by atoms with Gasteiger partial charge in [0.05, 0.1) is 5.01 Å². The molecule has 1 unspecified atom stereocenters. The van der Waals surface area contributed by atoms with Crippen LogP contribution < -0.4 is 5.32 Å². The van der Waals surface area contributed by atoms with Crippen LogP contribution in [0.2, 0.25) is 0 Å². The second-order valence-electron chi connectivity index (χ2n) is 9.21. The van der Waals surface area contributed by atoms with E-state index >= 15 is 0 Å². The molecule has 33 heavy (non-hydrogen) atoms. The number of amides is 3. The molecule has 3 aliphatic rings. The second-order valence-corrected chi connectivity index (χ2v) is 10.1. The van der Waals surface area contributed by atoms with Gasteiger partial charge in [-0.25, -0.2) is 4.98 Å². The molecule has 1 aromatic rings. The second kappa shape index (κ2) is 9.99. The number of hydrogen-bond acceptors (Lipinski definition) is 5. The van der Waals surface area contributed by atoms with Crippen LogP contribution in [-0.4, -0.2) is 70.9 Å². The van der Waals surface area contributed by atoms with E-state index in [9.17, 15) is 27.6 Å². The van der Waals surface area contributed by atoms with E-state index in [0.29, 0.717) is 18.8 Å². The maximum atomic E-state index is 12.8. The minimum atomic E-state index is -4.93. The average Bonchev–Trinajstić information content (AvgIpc) is 3.48. The van der Waals surface area contributed by atoms with Crippen molar-refractivity contribution >= 4 is 29.1 Å². The topological polar surface area (TPSA) is 82.6 Å². The van der Waals surface area contributed by atoms with Crippen molar-refractivity contribution in [2.45, 2.75) is 69.5 Å². The zero-order chi connectivity index (χ0) is 23.6. The van der Waals surface area contributed by atoms with E-state index in [2.05, 4.69) is 4.98 Å². The highest BCUT2D eigenvalue weighted by Gasteiger charge is 2.41. The summed E-state index contributed by atoms with van der Waals surface area (Å²) in [7, 11) is 0. The van der Waals surface area contributed by atoms with Crippen LogP contribution in [0.1, 0.15) is 72.8 Å². The predicted molar refractivity (Wildman–Crippen MR) is 116 cm³/mol. The number of carbonyl (C=O) groups excluding carboxylic acids is 3. The van der Waals surface area contributed by atoms with Crippen LogP contribution in [0.4, 0.5) is 13.2 Å². The molecule has 3 amide bonds. The number of likely N-dealkylation sites (tertiary alicyclic amines) is 2. The highest BCUT2D eigenvalue weighted by molar-refractivity contribution is 7.09. The minimum absolute atomic E-state index is 0.0369. The van der Waals surface area contributed by atoms with Crippen molar-refractivity contribution in [3.05, 3.63) is 16.1 Å². The summed E-state index contributed by atoms with van der Waals surface area (Å²) in [5, 5.41) is 4.50. The van der Waals surface area contributed by atoms with Gasteiger partial charge < -0.3 is 15.1 Å². The quantitative estimate of drug-likeness (QED) is 0.708. The first-order valence-electron chi connectivity index (χ1n) is 11.6. The fourth-order valence-electron chi connectivity index (χ4n) is 5.02. The number of carbonyl (C=O) groups is 3. The van der Waals surface area contributed by atoms with Crippen LogP contribution in [0.15, 0.2) is 5.38 Å². The summed E-state index contributed by atoms with van der Waals surface area (Å²) >= 11 is 1.42. The van der Waals surface area contributed by atoms with Crippen LogP contribution >= 0.6 is 11.3 Å². The lowest BCUT2D eigenvalue weighted by Gasteiger charge is -2.34. The Hall–Kier alpha value is -2.17. The van der Waals surface area contributed by atoms with Gasteiger partial charge in [-0.15, -0.1) is 11.3 Å². The SMILES string of the molecule is O=C(c1csc(C2CCN(C(=O)C3CCCCC3)CC2)n1)N1CCC(NC(=O)C(F)(F)F)C1. The first-order chi connectivity index (χ1) is 15.7. The molecule has 182 valence electrons. The van der Waals surface area contributed by atoms with E-state index < -0.39 is 18.1 Å². The van der Waals surface area contributed by atoms with Gasteiger partial charge in [-0.05, 0) is 32.1 Å². The van der Waals surface area contributed by atoms with E-state index in [-0.39, 0.29) is 43.2 Å². The minimum Gasteiger partial charge on any atom is -0.344 e. The molecule has 11 heteroatoms. The number of nitrogens with one attached hydrogen (secondary N) is 1. The van der Waals surface area contributed by atoms with Gasteiger partial charge in [0, 0.05) is 49.4 Å². The van der Waals surface area contributed by atoms with Crippen molar-refractivity contribution in [3.8, 4) is 0 Å². The van der Waals surface area contributed by atoms with Crippen molar-refractivity contribution in [2.24, 2.45) is 5.92 Å². The lowest BCUT2D eigenvalue weighted by molar-refractivity contribution is -0.174. The monoisotopic (exact) mass is 486 g/mol. The molecule has 7 nitrogen and oxygen atoms in total. The summed E-state index contributed by atoms with van der Waals surface area (Å²) in [5.41, 5.74) is 0.290. The van der Waals surface area contributed by atoms with Gasteiger partial charge in [0.1, 0.15) is 5.69 Å². The molecule has 1 atom stereocenters. The van der Waals surface area contributed by atoms with Crippen molar-refractivity contribution < 1.29 is 27.6 Å². The zero-order valence-electron chi connectivity index (χ0n) is 18.4. The molecule has 1 aliphatic carbocycles. The third-order valence-electron chi connectivity index (χ3n) is 6.92. The van der Waals surface area contributed by atoms with E-state index in [1.54, 1.807) is 5.38 Å². The molecule has 4 rings (SSSR count). The van der Waals surface area contributed by atoms with Crippen molar-refractivity contribution in [2.75, 3.05) is 26.2 Å². The van der Waals surface area contributed by atoms with Crippen LogP contribution in [-0.2, 0) is 9.59 Å². The largest absolute Gasteiger partial charge is 0.471 e. The Bertz CT molecular complexity index is 876. The number of nitrogens with zero attached hydrogens (tertiary/aromatic N) is 3. The van der Waals surface area contributed by atoms with Crippen LogP contribution in [0.3, 0.4) is 0 Å². The number of hydrogen-bond donors (Lipinski definition) is 1. The van der Waals surface area contributed by atoms with Crippen LogP contribution in [0, 0.1) is 5.92 Å². The van der Waals surface area contributed by atoms with E-state index in [1.807, 2.05) is 10.2 Å². The van der Waals surface area contributed by atoms with Crippen LogP contribution in [0.5, 0.6) is 0 Å². The van der Waals surface area contributed by atoms with E-state index in [1.165, 1.54) is 22.7 Å². The highest BCUT2D eigenvalue weighted by atomic mass is 32.1. The molecule has 3 fully saturated rings. The Labute approximate surface area is 194 Å². The van der Waals surface area contributed by atoms with Gasteiger partial charge in [0.15, 0.2) is 0 Å². The van der Waals surface area contributed by atoms with Crippen molar-refractivity contribution in [3.63, 3.8) is 0 Å². The molecule has 3 heterocycles. The molecule has 0 aromatic carbocycles. The smallest absolute Gasteiger partial charge is 0.344 e. The molecule has 2 aliphatic heterocycles. The third kappa shape index (κ3) is 5.67. The first kappa shape index (κ1) is 24.0. The third-order valence-corrected chi connectivity index (χ3v) is 7.93. The Kier molecular flexibility index (Phi) is 7.25. The molecule has 2 saturated heterocycles. The summed E-state index contributed by atoms with van der Waals surface area (Å²) in [4.78, 5) is 44.6. The molecule has 1 aromatic heterocycles. The number of aromatic nitrogens is 1. The zero-order valence-corrected chi connectivity index (χ0v) is 19.2. The standard InChI is InChI=1S/C22H29F3N4O3S/c23-22(24,25)21(32)26-16-8-11-29(12-16)20(31)17-13-33-18(27-17)14-6-9-28(10-7-14)19(30)15-4-2-1-3-5-15/h13-16H,1-12H2,(H,26,32). The number of halogens is 3. The Balaban J connectivity index is 1.27. The summed E-state index contributed by atoms with van der Waals surface area (Å²) in [6.45, 7) is 1.72. The molecule has 0 spiro atoms. The van der Waals surface area contributed by atoms with Crippen LogP contribution in [0.25, 0.3) is 0 Å². The number of alkyl halides is 3. The molecule has 0 radical (unpaired) electrons. The Morgan fingerprint density at radius 1 is 0.970 bits per heavy atom. The van der Waals surface area contributed by atoms with Gasteiger partial charge in [-0.1, -0.05) is 19.3 Å². The maximum Gasteiger partial charge on any atom is 0.471 e. The Morgan fingerprint density at radius 2 is 1.64 bits per heavy atom. The summed E-state index contributed by atoms with van der Waals surface area (Å²) in [6.07, 6.45) is 2.45. The van der Waals surface area contributed by atoms with Gasteiger partial charge in [-0.2, -0.15) is 13.2 Å². The summed E-state index contributed by atoms with van der Waals surface area (Å²) in [6, 6.07) is -0.716. The van der Waals surface area contributed by atoms with Crippen molar-refractivity contribution in [1.82, 2.24) is 20.1 Å². The average molecular weight is 487 g/mol. The first-order valence-corrected chi connectivity index (χ1v) is 12.5. The van der Waals surface area contributed by atoms with E-state index in [0.717, 1.165) is 43.5 Å². The number of piperidine rings is 1. The van der Waals surface area contributed by atoms with Gasteiger partial charge >= 0.3 is 12.1 Å².